The largest absolute Gasteiger partial charge is 0.460 e. The molecule has 4 heteroatoms. The van der Waals surface area contributed by atoms with Crippen LogP contribution in [-0.2, 0) is 14.3 Å². The fourth-order valence-corrected chi connectivity index (χ4v) is 1.62. The lowest BCUT2D eigenvalue weighted by atomic mass is 10.0. The summed E-state index contributed by atoms with van der Waals surface area (Å²) in [6.45, 7) is 5.23. The Morgan fingerprint density at radius 1 is 1.21 bits per heavy atom. The number of aliphatic hydroxyl groups is 1. The molecule has 0 aliphatic rings. The van der Waals surface area contributed by atoms with Gasteiger partial charge < -0.3 is 9.84 Å². The second-order valence-electron chi connectivity index (χ2n) is 5.43. The molecule has 104 valence electrons. The number of rotatable bonds is 5. The molecule has 0 heterocycles. The highest BCUT2D eigenvalue weighted by molar-refractivity contribution is 5.95. The number of ether oxygens (including phenoxy) is 1. The van der Waals surface area contributed by atoms with Crippen LogP contribution in [0.1, 0.15) is 45.3 Å². The highest BCUT2D eigenvalue weighted by atomic mass is 16.6. The average Bonchev–Trinajstić information content (AvgIpc) is 2.27. The molecule has 0 radical (unpaired) electrons. The smallest absolute Gasteiger partial charge is 0.313 e. The van der Waals surface area contributed by atoms with Gasteiger partial charge in [-0.3, -0.25) is 9.59 Å². The van der Waals surface area contributed by atoms with Gasteiger partial charge in [-0.15, -0.1) is 0 Å². The van der Waals surface area contributed by atoms with Crippen molar-refractivity contribution in [3.8, 4) is 0 Å². The van der Waals surface area contributed by atoms with Gasteiger partial charge in [0.1, 0.15) is 17.8 Å². The van der Waals surface area contributed by atoms with Crippen LogP contribution in [0.3, 0.4) is 0 Å². The Hall–Kier alpha value is -1.68. The summed E-state index contributed by atoms with van der Waals surface area (Å²) in [6.07, 6.45) is -1.26. The van der Waals surface area contributed by atoms with Crippen molar-refractivity contribution >= 4 is 11.8 Å². The Balaban J connectivity index is 2.46. The number of Topliss-reactive ketones (excluding diaryl/α,β-unsaturated/α-hetero) is 1. The van der Waals surface area contributed by atoms with Crippen LogP contribution in [0.4, 0.5) is 0 Å². The number of benzene rings is 1. The van der Waals surface area contributed by atoms with Gasteiger partial charge in [-0.2, -0.15) is 0 Å². The van der Waals surface area contributed by atoms with Crippen molar-refractivity contribution in [2.24, 2.45) is 0 Å². The molecule has 0 spiro atoms. The lowest BCUT2D eigenvalue weighted by Gasteiger charge is -2.19. The number of ketones is 1. The number of hydrogen-bond acceptors (Lipinski definition) is 4. The molecule has 0 saturated carbocycles. The summed E-state index contributed by atoms with van der Waals surface area (Å²) in [7, 11) is 0. The fourth-order valence-electron chi connectivity index (χ4n) is 1.62. The van der Waals surface area contributed by atoms with Crippen molar-refractivity contribution in [2.45, 2.75) is 45.3 Å². The molecule has 1 atom stereocenters. The monoisotopic (exact) mass is 264 g/mol. The minimum absolute atomic E-state index is 0.0801. The van der Waals surface area contributed by atoms with Gasteiger partial charge in [0.05, 0.1) is 6.10 Å². The van der Waals surface area contributed by atoms with Gasteiger partial charge in [0.25, 0.3) is 0 Å². The molecule has 1 aromatic carbocycles. The normalized spacial score (nSPS) is 12.8. The maximum atomic E-state index is 11.7. The topological polar surface area (TPSA) is 63.6 Å². The van der Waals surface area contributed by atoms with Crippen LogP contribution in [0.25, 0.3) is 0 Å². The van der Waals surface area contributed by atoms with E-state index in [4.69, 9.17) is 4.74 Å². The summed E-state index contributed by atoms with van der Waals surface area (Å²) < 4.78 is 5.05. The van der Waals surface area contributed by atoms with E-state index in [1.54, 1.807) is 45.0 Å². The van der Waals surface area contributed by atoms with Crippen molar-refractivity contribution in [1.29, 1.82) is 0 Å². The van der Waals surface area contributed by atoms with Gasteiger partial charge in [0.15, 0.2) is 0 Å². The third-order valence-electron chi connectivity index (χ3n) is 2.37. The highest BCUT2D eigenvalue weighted by Gasteiger charge is 2.20. The zero-order valence-electron chi connectivity index (χ0n) is 11.6. The molecule has 0 saturated heterocycles. The van der Waals surface area contributed by atoms with E-state index in [-0.39, 0.29) is 18.6 Å². The number of aliphatic hydroxyl groups excluding tert-OH is 1. The number of carbonyl (C=O) groups excluding carboxylic acids is 2. The van der Waals surface area contributed by atoms with E-state index in [1.807, 2.05) is 6.07 Å². The first kappa shape index (κ1) is 15.4. The summed E-state index contributed by atoms with van der Waals surface area (Å²) in [4.78, 5) is 23.1. The van der Waals surface area contributed by atoms with Crippen LogP contribution in [0.15, 0.2) is 30.3 Å². The van der Waals surface area contributed by atoms with Gasteiger partial charge in [0.2, 0.25) is 0 Å². The molecule has 1 N–H and O–H groups in total. The second-order valence-corrected chi connectivity index (χ2v) is 5.43. The van der Waals surface area contributed by atoms with E-state index in [1.165, 1.54) is 0 Å². The van der Waals surface area contributed by atoms with Crippen molar-refractivity contribution in [3.63, 3.8) is 0 Å². The number of carbonyl (C=O) groups is 2. The fraction of sp³-hybridized carbons (Fsp3) is 0.467. The van der Waals surface area contributed by atoms with E-state index in [0.29, 0.717) is 5.56 Å². The number of hydrogen-bond donors (Lipinski definition) is 1. The molecule has 1 rings (SSSR count). The van der Waals surface area contributed by atoms with Crippen molar-refractivity contribution in [3.05, 3.63) is 35.9 Å². The van der Waals surface area contributed by atoms with Crippen molar-refractivity contribution < 1.29 is 19.4 Å². The molecule has 1 aromatic rings. The average molecular weight is 264 g/mol. The van der Waals surface area contributed by atoms with Gasteiger partial charge in [-0.05, 0) is 26.3 Å². The first-order valence-corrected chi connectivity index (χ1v) is 6.24. The predicted molar refractivity (Wildman–Crippen MR) is 71.5 cm³/mol. The maximum Gasteiger partial charge on any atom is 0.313 e. The van der Waals surface area contributed by atoms with Gasteiger partial charge >= 0.3 is 5.97 Å². The Bertz CT molecular complexity index is 431. The Labute approximate surface area is 113 Å². The van der Waals surface area contributed by atoms with Crippen LogP contribution in [0, 0.1) is 0 Å². The molecule has 0 amide bonds. The Morgan fingerprint density at radius 3 is 2.32 bits per heavy atom. The molecule has 0 aliphatic heterocycles. The lowest BCUT2D eigenvalue weighted by molar-refractivity contribution is -0.156. The Morgan fingerprint density at radius 2 is 1.79 bits per heavy atom. The van der Waals surface area contributed by atoms with E-state index in [9.17, 15) is 14.7 Å². The molecule has 4 nitrogen and oxygen atoms in total. The van der Waals surface area contributed by atoms with E-state index in [0.717, 1.165) is 0 Å². The zero-order valence-corrected chi connectivity index (χ0v) is 11.6. The summed E-state index contributed by atoms with van der Waals surface area (Å²) in [5.41, 5.74) is 0.0649. The van der Waals surface area contributed by atoms with E-state index in [2.05, 4.69) is 0 Å². The zero-order chi connectivity index (χ0) is 14.5. The van der Waals surface area contributed by atoms with Crippen molar-refractivity contribution in [1.82, 2.24) is 0 Å². The summed E-state index contributed by atoms with van der Waals surface area (Å²) in [5.74, 6) is -0.886. The minimum Gasteiger partial charge on any atom is -0.460 e. The minimum atomic E-state index is -0.879. The van der Waals surface area contributed by atoms with Crippen molar-refractivity contribution in [2.75, 3.05) is 0 Å². The van der Waals surface area contributed by atoms with Crippen LogP contribution >= 0.6 is 0 Å². The SMILES string of the molecule is CC(C)(C)OC(=O)CC(=O)C[C@@H](O)c1ccccc1. The number of esters is 1. The molecule has 19 heavy (non-hydrogen) atoms. The summed E-state index contributed by atoms with van der Waals surface area (Å²) in [6, 6.07) is 8.89. The molecule has 0 aliphatic carbocycles. The molecular weight excluding hydrogens is 244 g/mol. The third-order valence-corrected chi connectivity index (χ3v) is 2.37. The quantitative estimate of drug-likeness (QED) is 0.655. The molecule has 0 unspecified atom stereocenters. The first-order chi connectivity index (χ1) is 8.78. The standard InChI is InChI=1S/C15H20O4/c1-15(2,3)19-14(18)10-12(16)9-13(17)11-7-5-4-6-8-11/h4-8,13,17H,9-10H2,1-3H3/t13-/m1/s1. The summed E-state index contributed by atoms with van der Waals surface area (Å²) in [5, 5.41) is 9.86. The molecule has 0 fully saturated rings. The maximum absolute atomic E-state index is 11.7. The van der Waals surface area contributed by atoms with E-state index >= 15 is 0 Å². The molecular formula is C15H20O4. The molecule has 0 bridgehead atoms. The van der Waals surface area contributed by atoms with Gasteiger partial charge in [-0.25, -0.2) is 0 Å². The van der Waals surface area contributed by atoms with E-state index < -0.39 is 17.7 Å². The highest BCUT2D eigenvalue weighted by Crippen LogP contribution is 2.17. The lowest BCUT2D eigenvalue weighted by Crippen LogP contribution is -2.25. The third kappa shape index (κ3) is 6.15. The summed E-state index contributed by atoms with van der Waals surface area (Å²) >= 11 is 0. The van der Waals surface area contributed by atoms with Crippen LogP contribution in [-0.4, -0.2) is 22.5 Å². The predicted octanol–water partition coefficient (Wildman–Crippen LogP) is 2.41. The second kappa shape index (κ2) is 6.48. The van der Waals surface area contributed by atoms with Crippen LogP contribution < -0.4 is 0 Å². The Kier molecular flexibility index (Phi) is 5.24. The van der Waals surface area contributed by atoms with Crippen LogP contribution in [0.2, 0.25) is 0 Å². The van der Waals surface area contributed by atoms with Gasteiger partial charge in [0, 0.05) is 6.42 Å². The van der Waals surface area contributed by atoms with Gasteiger partial charge in [-0.1, -0.05) is 30.3 Å². The van der Waals surface area contributed by atoms with Crippen LogP contribution in [0.5, 0.6) is 0 Å². The first-order valence-electron chi connectivity index (χ1n) is 6.24. The molecule has 0 aromatic heterocycles.